The maximum Gasteiger partial charge on any atom is 0.257 e. The van der Waals surface area contributed by atoms with E-state index in [4.69, 9.17) is 4.74 Å². The molecule has 1 aliphatic heterocycles. The molecule has 0 unspecified atom stereocenters. The van der Waals surface area contributed by atoms with Gasteiger partial charge in [-0.25, -0.2) is 0 Å². The maximum absolute atomic E-state index is 6.89. The molecule has 1 aliphatic rings. The molecular weight excluding hydrogens is 390 g/mol. The van der Waals surface area contributed by atoms with E-state index in [0.717, 1.165) is 17.9 Å². The van der Waals surface area contributed by atoms with Gasteiger partial charge in [-0.15, -0.1) is 0 Å². The van der Waals surface area contributed by atoms with Crippen molar-refractivity contribution in [2.45, 2.75) is 60.3 Å². The lowest BCUT2D eigenvalue weighted by Crippen LogP contribution is -2.35. The van der Waals surface area contributed by atoms with Gasteiger partial charge in [-0.05, 0) is 65.8 Å². The molecule has 1 aromatic heterocycles. The van der Waals surface area contributed by atoms with Crippen molar-refractivity contribution in [1.29, 1.82) is 0 Å². The minimum absolute atomic E-state index is 0.0537. The molecule has 2 heterocycles. The Morgan fingerprint density at radius 3 is 2.41 bits per heavy atom. The van der Waals surface area contributed by atoms with Gasteiger partial charge < -0.3 is 4.74 Å². The van der Waals surface area contributed by atoms with E-state index < -0.39 is 0 Å². The molecule has 0 atom stereocenters. The first-order chi connectivity index (χ1) is 15.1. The molecule has 0 N–H and O–H groups in total. The number of aromatic nitrogens is 1. The first-order valence-corrected chi connectivity index (χ1v) is 11.8. The number of nitrogens with zero attached hydrogens (tertiary/aromatic N) is 1. The summed E-state index contributed by atoms with van der Waals surface area (Å²) in [5, 5.41) is 3.80. The van der Waals surface area contributed by atoms with Gasteiger partial charge in [-0.1, -0.05) is 58.9 Å². The molecule has 3 aromatic carbocycles. The van der Waals surface area contributed by atoms with E-state index in [1.165, 1.54) is 55.2 Å². The summed E-state index contributed by atoms with van der Waals surface area (Å²) in [4.78, 5) is 0. The minimum Gasteiger partial charge on any atom is -0.449 e. The predicted octanol–water partition coefficient (Wildman–Crippen LogP) is 7.70. The maximum atomic E-state index is 6.89. The van der Waals surface area contributed by atoms with Crippen molar-refractivity contribution in [2.75, 3.05) is 0 Å². The summed E-state index contributed by atoms with van der Waals surface area (Å²) >= 11 is 0. The van der Waals surface area contributed by atoms with Crippen molar-refractivity contribution < 1.29 is 9.30 Å². The highest BCUT2D eigenvalue weighted by molar-refractivity contribution is 6.06. The largest absolute Gasteiger partial charge is 0.449 e. The first kappa shape index (κ1) is 21.0. The monoisotopic (exact) mass is 424 g/mol. The highest BCUT2D eigenvalue weighted by Crippen LogP contribution is 2.52. The van der Waals surface area contributed by atoms with Crippen LogP contribution in [-0.2, 0) is 18.9 Å². The van der Waals surface area contributed by atoms with Crippen LogP contribution in [0.2, 0.25) is 0 Å². The van der Waals surface area contributed by atoms with E-state index in [2.05, 4.69) is 103 Å². The second kappa shape index (κ2) is 7.07. The Morgan fingerprint density at radius 2 is 1.72 bits per heavy atom. The molecule has 0 saturated carbocycles. The zero-order valence-electron chi connectivity index (χ0n) is 20.7. The fourth-order valence-electron chi connectivity index (χ4n) is 5.50. The Balaban J connectivity index is 1.99. The van der Waals surface area contributed by atoms with Gasteiger partial charge in [0.15, 0.2) is 0 Å². The average molecular weight is 425 g/mol. The van der Waals surface area contributed by atoms with E-state index >= 15 is 0 Å². The van der Waals surface area contributed by atoms with Gasteiger partial charge in [0.25, 0.3) is 5.69 Å². The summed E-state index contributed by atoms with van der Waals surface area (Å²) in [6.07, 6.45) is 1.05. The summed E-state index contributed by atoms with van der Waals surface area (Å²) in [5.74, 6) is 2.63. The topological polar surface area (TPSA) is 13.1 Å². The van der Waals surface area contributed by atoms with Crippen LogP contribution in [0.1, 0.15) is 56.9 Å². The van der Waals surface area contributed by atoms with Crippen LogP contribution >= 0.6 is 0 Å². The van der Waals surface area contributed by atoms with E-state index in [1.807, 2.05) is 0 Å². The van der Waals surface area contributed by atoms with Crippen molar-refractivity contribution in [1.82, 2.24) is 0 Å². The molecular formula is C30H34NO+. The van der Waals surface area contributed by atoms with Crippen molar-refractivity contribution in [3.8, 4) is 22.8 Å². The van der Waals surface area contributed by atoms with E-state index in [-0.39, 0.29) is 5.41 Å². The Kier molecular flexibility index (Phi) is 4.64. The third-order valence-electron chi connectivity index (χ3n) is 6.94. The van der Waals surface area contributed by atoms with Crippen molar-refractivity contribution >= 4 is 21.7 Å². The molecule has 0 radical (unpaired) electrons. The molecule has 0 amide bonds. The van der Waals surface area contributed by atoms with Crippen LogP contribution in [0, 0.1) is 19.8 Å². The number of ether oxygens (including phenoxy) is 1. The van der Waals surface area contributed by atoms with E-state index in [0.29, 0.717) is 5.92 Å². The fraction of sp³-hybridized carbons (Fsp3) is 0.367. The van der Waals surface area contributed by atoms with Crippen LogP contribution < -0.4 is 9.30 Å². The normalized spacial score (nSPS) is 13.0. The number of para-hydroxylation sites is 1. The first-order valence-electron chi connectivity index (χ1n) is 11.8. The van der Waals surface area contributed by atoms with Gasteiger partial charge in [-0.3, -0.25) is 0 Å². The van der Waals surface area contributed by atoms with Crippen LogP contribution in [0.15, 0.2) is 42.5 Å². The Labute approximate surface area is 191 Å². The third kappa shape index (κ3) is 3.03. The van der Waals surface area contributed by atoms with Crippen LogP contribution in [0.4, 0.5) is 0 Å². The van der Waals surface area contributed by atoms with Crippen LogP contribution in [0.5, 0.6) is 11.5 Å². The fourth-order valence-corrected chi connectivity index (χ4v) is 5.50. The highest BCUT2D eigenvalue weighted by atomic mass is 16.5. The smallest absolute Gasteiger partial charge is 0.257 e. The summed E-state index contributed by atoms with van der Waals surface area (Å²) in [6.45, 7) is 15.9. The van der Waals surface area contributed by atoms with Crippen LogP contribution in [-0.4, -0.2) is 0 Å². The second-order valence-corrected chi connectivity index (χ2v) is 11.0. The Bertz CT molecular complexity index is 1400. The van der Waals surface area contributed by atoms with Gasteiger partial charge >= 0.3 is 0 Å². The molecule has 0 aliphatic carbocycles. The van der Waals surface area contributed by atoms with E-state index in [9.17, 15) is 0 Å². The lowest BCUT2D eigenvalue weighted by Gasteiger charge is -2.29. The molecule has 0 fully saturated rings. The third-order valence-corrected chi connectivity index (χ3v) is 6.94. The van der Waals surface area contributed by atoms with Gasteiger partial charge in [0.2, 0.25) is 11.3 Å². The zero-order valence-corrected chi connectivity index (χ0v) is 20.7. The van der Waals surface area contributed by atoms with Crippen LogP contribution in [0.3, 0.4) is 0 Å². The lowest BCUT2D eigenvalue weighted by molar-refractivity contribution is -0.633. The molecule has 5 rings (SSSR count). The predicted molar refractivity (Wildman–Crippen MR) is 135 cm³/mol. The van der Waals surface area contributed by atoms with Crippen molar-refractivity contribution in [3.05, 3.63) is 64.7 Å². The van der Waals surface area contributed by atoms with Gasteiger partial charge in [-0.2, -0.15) is 4.57 Å². The Morgan fingerprint density at radius 1 is 1.00 bits per heavy atom. The number of fused-ring (bicyclic) bond motifs is 3. The molecule has 0 saturated heterocycles. The molecule has 2 nitrogen and oxygen atoms in total. The molecule has 32 heavy (non-hydrogen) atoms. The number of benzene rings is 3. The lowest BCUT2D eigenvalue weighted by atomic mass is 9.80. The highest BCUT2D eigenvalue weighted by Gasteiger charge is 2.37. The summed E-state index contributed by atoms with van der Waals surface area (Å²) < 4.78 is 9.23. The summed E-state index contributed by atoms with van der Waals surface area (Å²) in [5.41, 5.74) is 9.02. The number of pyridine rings is 1. The molecule has 2 heteroatoms. The standard InChI is InChI=1S/C30H34NO/c1-17(2)13-20-15-21-14-18(3)19(4)25-26(21)24(16-20)32-29-27(30(5,6)7)22-11-9-10-12-23(22)31(8)28(25)29/h9-12,14-17H,13H2,1-8H3/q+1. The number of aryl methyl sites for hydroxylation is 2. The van der Waals surface area contributed by atoms with Gasteiger partial charge in [0.05, 0.1) is 10.9 Å². The Hall–Kier alpha value is -2.87. The number of hydrogen-bond donors (Lipinski definition) is 0. The number of hydrogen-bond acceptors (Lipinski definition) is 1. The SMILES string of the molecule is Cc1cc2cc(CC(C)C)cc3c2c(c1C)-c1c(c(C(C)(C)C)c2ccccc2[n+]1C)O3. The molecule has 4 aromatic rings. The molecule has 0 bridgehead atoms. The van der Waals surface area contributed by atoms with Crippen molar-refractivity contribution in [2.24, 2.45) is 13.0 Å². The van der Waals surface area contributed by atoms with Crippen LogP contribution in [0.25, 0.3) is 32.9 Å². The molecule has 164 valence electrons. The number of rotatable bonds is 2. The average Bonchev–Trinajstić information content (AvgIpc) is 2.69. The zero-order chi connectivity index (χ0) is 22.9. The van der Waals surface area contributed by atoms with E-state index in [1.54, 1.807) is 0 Å². The quantitative estimate of drug-likeness (QED) is 0.265. The van der Waals surface area contributed by atoms with Gasteiger partial charge in [0.1, 0.15) is 12.8 Å². The second-order valence-electron chi connectivity index (χ2n) is 11.0. The minimum atomic E-state index is -0.0537. The molecule has 0 spiro atoms. The van der Waals surface area contributed by atoms with Gasteiger partial charge in [0, 0.05) is 17.0 Å². The summed E-state index contributed by atoms with van der Waals surface area (Å²) in [7, 11) is 2.18. The van der Waals surface area contributed by atoms with Crippen molar-refractivity contribution in [3.63, 3.8) is 0 Å². The summed E-state index contributed by atoms with van der Waals surface area (Å²) in [6, 6.07) is 15.7.